The molecular weight excluding hydrogens is 447 g/mol. The topological polar surface area (TPSA) is 130 Å². The Morgan fingerprint density at radius 3 is 2.36 bits per heavy atom. The summed E-state index contributed by atoms with van der Waals surface area (Å²) in [5.41, 5.74) is 0. The number of unbranched alkanes of at least 4 members (excludes halogenated alkanes) is 2. The molecular formula is C21H24F3N3O6. The van der Waals surface area contributed by atoms with Crippen molar-refractivity contribution in [2.75, 3.05) is 6.54 Å². The molecule has 0 aliphatic carbocycles. The predicted octanol–water partition coefficient (Wildman–Crippen LogP) is 1.39. The first-order valence-corrected chi connectivity index (χ1v) is 9.98. The molecule has 1 aromatic heterocycles. The van der Waals surface area contributed by atoms with E-state index >= 15 is 0 Å². The van der Waals surface area contributed by atoms with Crippen LogP contribution in [0.3, 0.4) is 0 Å². The summed E-state index contributed by atoms with van der Waals surface area (Å²) in [6.07, 6.45) is -3.52. The number of aromatic nitrogens is 1. The van der Waals surface area contributed by atoms with Crippen LogP contribution in [0, 0.1) is 23.7 Å². The van der Waals surface area contributed by atoms with Crippen molar-refractivity contribution < 1.29 is 42.6 Å². The third-order valence-corrected chi connectivity index (χ3v) is 3.93. The Balaban J connectivity index is 2.56. The molecule has 0 aliphatic rings. The highest BCUT2D eigenvalue weighted by molar-refractivity contribution is 5.87. The van der Waals surface area contributed by atoms with Gasteiger partial charge in [-0.2, -0.15) is 13.2 Å². The minimum absolute atomic E-state index is 0.0682. The summed E-state index contributed by atoms with van der Waals surface area (Å²) in [5.74, 6) is 5.15. The number of nitrogens with zero attached hydrogens (tertiary/aromatic N) is 1. The third-order valence-electron chi connectivity index (χ3n) is 3.93. The van der Waals surface area contributed by atoms with E-state index in [0.717, 1.165) is 18.6 Å². The highest BCUT2D eigenvalue weighted by Crippen LogP contribution is 2.20. The number of hydrogen-bond donors (Lipinski definition) is 4. The Morgan fingerprint density at radius 2 is 1.76 bits per heavy atom. The number of halogens is 3. The van der Waals surface area contributed by atoms with Crippen molar-refractivity contribution in [1.29, 1.82) is 0 Å². The Hall–Kier alpha value is -3.80. The Morgan fingerprint density at radius 1 is 1.12 bits per heavy atom. The van der Waals surface area contributed by atoms with E-state index in [-0.39, 0.29) is 38.1 Å². The molecule has 0 spiro atoms. The molecule has 180 valence electrons. The molecule has 0 bridgehead atoms. The molecule has 1 heterocycles. The van der Waals surface area contributed by atoms with Crippen LogP contribution in [-0.4, -0.2) is 51.5 Å². The molecule has 9 nitrogen and oxygen atoms in total. The quantitative estimate of drug-likeness (QED) is 0.301. The van der Waals surface area contributed by atoms with Crippen LogP contribution in [0.5, 0.6) is 11.8 Å². The Labute approximate surface area is 188 Å². The molecule has 1 aromatic rings. The lowest BCUT2D eigenvalue weighted by Crippen LogP contribution is -2.49. The SMILES string of the molecule is CCCC#CC#CCC(=O)NCCCCC(NC(=O)C(F)(F)F)C(=O)On1c(O)ccc1O. The van der Waals surface area contributed by atoms with Crippen molar-refractivity contribution in [2.24, 2.45) is 0 Å². The third kappa shape index (κ3) is 10.4. The van der Waals surface area contributed by atoms with Gasteiger partial charge in [0.2, 0.25) is 17.7 Å². The van der Waals surface area contributed by atoms with Crippen LogP contribution in [0.2, 0.25) is 0 Å². The summed E-state index contributed by atoms with van der Waals surface area (Å²) >= 11 is 0. The number of carbonyl (C=O) groups excluding carboxylic acids is 3. The highest BCUT2D eigenvalue weighted by Gasteiger charge is 2.41. The first-order valence-electron chi connectivity index (χ1n) is 9.98. The number of nitrogens with one attached hydrogen (secondary N) is 2. The monoisotopic (exact) mass is 471 g/mol. The first-order chi connectivity index (χ1) is 15.6. The van der Waals surface area contributed by atoms with Crippen LogP contribution in [0.1, 0.15) is 45.4 Å². The molecule has 2 amide bonds. The lowest BCUT2D eigenvalue weighted by molar-refractivity contribution is -0.176. The van der Waals surface area contributed by atoms with Crippen LogP contribution in [0.4, 0.5) is 13.2 Å². The van der Waals surface area contributed by atoms with Gasteiger partial charge in [-0.05, 0) is 37.5 Å². The van der Waals surface area contributed by atoms with Gasteiger partial charge in [0.15, 0.2) is 0 Å². The minimum atomic E-state index is -5.23. The summed E-state index contributed by atoms with van der Waals surface area (Å²) in [6.45, 7) is 2.14. The number of carbonyl (C=O) groups is 3. The van der Waals surface area contributed by atoms with Gasteiger partial charge in [0.1, 0.15) is 6.04 Å². The van der Waals surface area contributed by atoms with E-state index < -0.39 is 35.9 Å². The van der Waals surface area contributed by atoms with Crippen LogP contribution in [-0.2, 0) is 14.4 Å². The maximum Gasteiger partial charge on any atom is 0.471 e. The largest absolute Gasteiger partial charge is 0.492 e. The maximum absolute atomic E-state index is 12.6. The summed E-state index contributed by atoms with van der Waals surface area (Å²) in [5, 5.41) is 23.1. The van der Waals surface area contributed by atoms with Gasteiger partial charge < -0.3 is 25.7 Å². The van der Waals surface area contributed by atoms with Crippen molar-refractivity contribution >= 4 is 17.8 Å². The van der Waals surface area contributed by atoms with E-state index in [1.165, 1.54) is 5.32 Å². The zero-order valence-electron chi connectivity index (χ0n) is 17.8. The number of amides is 2. The fourth-order valence-corrected chi connectivity index (χ4v) is 2.30. The van der Waals surface area contributed by atoms with Gasteiger partial charge in [-0.25, -0.2) is 4.79 Å². The molecule has 0 aliphatic heterocycles. The van der Waals surface area contributed by atoms with Crippen LogP contribution >= 0.6 is 0 Å². The zero-order valence-corrected chi connectivity index (χ0v) is 17.8. The zero-order chi connectivity index (χ0) is 24.9. The van der Waals surface area contributed by atoms with Gasteiger partial charge in [-0.15, -0.1) is 4.73 Å². The maximum atomic E-state index is 12.6. The van der Waals surface area contributed by atoms with E-state index in [9.17, 15) is 37.8 Å². The van der Waals surface area contributed by atoms with Gasteiger partial charge in [0, 0.05) is 25.1 Å². The van der Waals surface area contributed by atoms with Crippen molar-refractivity contribution in [3.63, 3.8) is 0 Å². The van der Waals surface area contributed by atoms with Gasteiger partial charge in [-0.3, -0.25) is 9.59 Å². The minimum Gasteiger partial charge on any atom is -0.492 e. The van der Waals surface area contributed by atoms with Crippen molar-refractivity contribution in [3.8, 4) is 35.4 Å². The van der Waals surface area contributed by atoms with Gasteiger partial charge in [0.25, 0.3) is 0 Å². The highest BCUT2D eigenvalue weighted by atomic mass is 19.4. The molecule has 0 fully saturated rings. The van der Waals surface area contributed by atoms with Crippen molar-refractivity contribution in [3.05, 3.63) is 12.1 Å². The fraction of sp³-hybridized carbons (Fsp3) is 0.476. The lowest BCUT2D eigenvalue weighted by Gasteiger charge is -2.18. The van der Waals surface area contributed by atoms with E-state index in [0.29, 0.717) is 11.2 Å². The summed E-state index contributed by atoms with van der Waals surface area (Å²) < 4.78 is 38.0. The molecule has 1 atom stereocenters. The van der Waals surface area contributed by atoms with Crippen molar-refractivity contribution in [1.82, 2.24) is 15.4 Å². The van der Waals surface area contributed by atoms with Gasteiger partial charge in [-0.1, -0.05) is 18.8 Å². The number of alkyl halides is 3. The average Bonchev–Trinajstić information content (AvgIpc) is 3.06. The van der Waals surface area contributed by atoms with Gasteiger partial charge in [0.05, 0.1) is 6.42 Å². The van der Waals surface area contributed by atoms with E-state index in [1.54, 1.807) is 0 Å². The normalized spacial score (nSPS) is 11.3. The lowest BCUT2D eigenvalue weighted by atomic mass is 10.1. The van der Waals surface area contributed by atoms with E-state index in [1.807, 2.05) is 6.92 Å². The van der Waals surface area contributed by atoms with Crippen molar-refractivity contribution in [2.45, 2.75) is 57.7 Å². The molecule has 33 heavy (non-hydrogen) atoms. The second kappa shape index (κ2) is 13.6. The molecule has 4 N–H and O–H groups in total. The molecule has 0 saturated heterocycles. The molecule has 0 radical (unpaired) electrons. The Bertz CT molecular complexity index is 931. The summed E-state index contributed by atoms with van der Waals surface area (Å²) in [6, 6.07) is 0.247. The smallest absolute Gasteiger partial charge is 0.471 e. The number of aromatic hydroxyl groups is 2. The molecule has 12 heteroatoms. The van der Waals surface area contributed by atoms with Crippen LogP contribution < -0.4 is 15.5 Å². The van der Waals surface area contributed by atoms with Crippen LogP contribution in [0.15, 0.2) is 12.1 Å². The Kier molecular flexibility index (Phi) is 11.2. The number of rotatable bonds is 10. The molecule has 0 aromatic carbocycles. The predicted molar refractivity (Wildman–Crippen MR) is 109 cm³/mol. The summed E-state index contributed by atoms with van der Waals surface area (Å²) in [4.78, 5) is 39.8. The summed E-state index contributed by atoms with van der Waals surface area (Å²) in [7, 11) is 0. The molecule has 1 rings (SSSR count). The van der Waals surface area contributed by atoms with Crippen LogP contribution in [0.25, 0.3) is 0 Å². The number of hydrogen-bond acceptors (Lipinski definition) is 6. The second-order valence-electron chi connectivity index (χ2n) is 6.65. The average molecular weight is 471 g/mol. The fourth-order valence-electron chi connectivity index (χ4n) is 2.30. The second-order valence-corrected chi connectivity index (χ2v) is 6.65. The molecule has 1 unspecified atom stereocenters. The van der Waals surface area contributed by atoms with E-state index in [4.69, 9.17) is 0 Å². The standard InChI is InChI=1S/C21H24F3N3O6/c1-2-3-4-5-6-7-11-16(28)25-14-9-8-10-15(26-20(32)21(22,23)24)19(31)33-27-17(29)12-13-18(27)30/h12-13,15,29-30H,2-3,8-11,14H2,1H3,(H,25,28)(H,26,32). The van der Waals surface area contributed by atoms with Gasteiger partial charge >= 0.3 is 18.1 Å². The van der Waals surface area contributed by atoms with E-state index in [2.05, 4.69) is 33.8 Å². The first kappa shape index (κ1) is 27.2. The molecule has 0 saturated carbocycles.